The number of hydrogen-bond donors (Lipinski definition) is 1. The SMILES string of the molecule is CCCNC(c1ccc2c(c1)CCO2)c1sccc1C. The lowest BCUT2D eigenvalue weighted by molar-refractivity contribution is 0.357. The zero-order chi connectivity index (χ0) is 13.9. The fourth-order valence-electron chi connectivity index (χ4n) is 2.72. The maximum atomic E-state index is 5.61. The highest BCUT2D eigenvalue weighted by molar-refractivity contribution is 7.10. The van der Waals surface area contributed by atoms with Gasteiger partial charge in [0.1, 0.15) is 5.75 Å². The first-order valence-electron chi connectivity index (χ1n) is 7.32. The van der Waals surface area contributed by atoms with Gasteiger partial charge in [0.05, 0.1) is 12.6 Å². The van der Waals surface area contributed by atoms with Crippen LogP contribution >= 0.6 is 11.3 Å². The van der Waals surface area contributed by atoms with Gasteiger partial charge in [-0.2, -0.15) is 0 Å². The minimum absolute atomic E-state index is 0.306. The molecule has 1 aliphatic rings. The van der Waals surface area contributed by atoms with Gasteiger partial charge in [-0.15, -0.1) is 11.3 Å². The van der Waals surface area contributed by atoms with Gasteiger partial charge >= 0.3 is 0 Å². The van der Waals surface area contributed by atoms with Gasteiger partial charge < -0.3 is 10.1 Å². The molecule has 2 nitrogen and oxygen atoms in total. The quantitative estimate of drug-likeness (QED) is 0.894. The van der Waals surface area contributed by atoms with Crippen LogP contribution in [0.1, 0.15) is 41.0 Å². The Labute approximate surface area is 124 Å². The lowest BCUT2D eigenvalue weighted by Gasteiger charge is -2.19. The van der Waals surface area contributed by atoms with Gasteiger partial charge in [0.15, 0.2) is 0 Å². The standard InChI is InChI=1S/C17H21NOS/c1-3-8-18-16(17-12(2)7-10-20-17)14-4-5-15-13(11-14)6-9-19-15/h4-5,7,10-11,16,18H,3,6,8-9H2,1-2H3. The van der Waals surface area contributed by atoms with Crippen molar-refractivity contribution in [1.29, 1.82) is 0 Å². The van der Waals surface area contributed by atoms with E-state index in [2.05, 4.69) is 48.8 Å². The van der Waals surface area contributed by atoms with E-state index in [1.54, 1.807) is 0 Å². The largest absolute Gasteiger partial charge is 0.493 e. The second-order valence-electron chi connectivity index (χ2n) is 5.32. The zero-order valence-electron chi connectivity index (χ0n) is 12.1. The van der Waals surface area contributed by atoms with E-state index in [0.717, 1.165) is 31.7 Å². The summed E-state index contributed by atoms with van der Waals surface area (Å²) in [5.74, 6) is 1.06. The zero-order valence-corrected chi connectivity index (χ0v) is 12.9. The highest BCUT2D eigenvalue weighted by atomic mass is 32.1. The molecule has 2 heterocycles. The number of ether oxygens (including phenoxy) is 1. The summed E-state index contributed by atoms with van der Waals surface area (Å²) in [5.41, 5.74) is 4.08. The van der Waals surface area contributed by atoms with Crippen molar-refractivity contribution >= 4 is 11.3 Å². The number of rotatable bonds is 5. The van der Waals surface area contributed by atoms with Crippen LogP contribution in [0.15, 0.2) is 29.6 Å². The maximum absolute atomic E-state index is 5.61. The highest BCUT2D eigenvalue weighted by Crippen LogP contribution is 2.33. The van der Waals surface area contributed by atoms with Crippen molar-refractivity contribution in [3.05, 3.63) is 51.2 Å². The highest BCUT2D eigenvalue weighted by Gasteiger charge is 2.20. The maximum Gasteiger partial charge on any atom is 0.122 e. The Morgan fingerprint density at radius 3 is 3.00 bits per heavy atom. The molecule has 106 valence electrons. The minimum atomic E-state index is 0.306. The molecule has 1 unspecified atom stereocenters. The van der Waals surface area contributed by atoms with Crippen molar-refractivity contribution in [2.45, 2.75) is 32.7 Å². The van der Waals surface area contributed by atoms with Crippen molar-refractivity contribution in [2.75, 3.05) is 13.2 Å². The van der Waals surface area contributed by atoms with Gasteiger partial charge in [-0.25, -0.2) is 0 Å². The molecule has 20 heavy (non-hydrogen) atoms. The van der Waals surface area contributed by atoms with Crippen molar-refractivity contribution < 1.29 is 4.74 Å². The van der Waals surface area contributed by atoms with E-state index in [9.17, 15) is 0 Å². The molecule has 0 spiro atoms. The number of aryl methyl sites for hydroxylation is 1. The van der Waals surface area contributed by atoms with Crippen molar-refractivity contribution in [2.24, 2.45) is 0 Å². The Hall–Kier alpha value is -1.32. The Morgan fingerprint density at radius 1 is 1.35 bits per heavy atom. The molecule has 3 heteroatoms. The molecule has 0 aliphatic carbocycles. The molecule has 3 rings (SSSR count). The number of fused-ring (bicyclic) bond motifs is 1. The molecule has 0 amide bonds. The molecule has 1 N–H and O–H groups in total. The van der Waals surface area contributed by atoms with Crippen molar-refractivity contribution in [1.82, 2.24) is 5.32 Å². The van der Waals surface area contributed by atoms with Crippen molar-refractivity contribution in [3.63, 3.8) is 0 Å². The van der Waals surface area contributed by atoms with E-state index in [-0.39, 0.29) is 0 Å². The Morgan fingerprint density at radius 2 is 2.25 bits per heavy atom. The summed E-state index contributed by atoms with van der Waals surface area (Å²) >= 11 is 1.84. The van der Waals surface area contributed by atoms with Gasteiger partial charge in [-0.1, -0.05) is 19.1 Å². The predicted molar refractivity (Wildman–Crippen MR) is 84.8 cm³/mol. The van der Waals surface area contributed by atoms with E-state index in [4.69, 9.17) is 4.74 Å². The molecule has 1 atom stereocenters. The lowest BCUT2D eigenvalue weighted by Crippen LogP contribution is -2.23. The van der Waals surface area contributed by atoms with Gasteiger partial charge in [-0.3, -0.25) is 0 Å². The number of hydrogen-bond acceptors (Lipinski definition) is 3. The summed E-state index contributed by atoms with van der Waals surface area (Å²) in [6, 6.07) is 9.16. The first-order valence-corrected chi connectivity index (χ1v) is 8.20. The van der Waals surface area contributed by atoms with E-state index >= 15 is 0 Å². The van der Waals surface area contributed by atoms with Crippen LogP contribution < -0.4 is 10.1 Å². The monoisotopic (exact) mass is 287 g/mol. The van der Waals surface area contributed by atoms with Crippen LogP contribution in [0, 0.1) is 6.92 Å². The Kier molecular flexibility index (Phi) is 4.08. The fraction of sp³-hybridized carbons (Fsp3) is 0.412. The van der Waals surface area contributed by atoms with Gasteiger partial charge in [-0.05, 0) is 54.1 Å². The lowest BCUT2D eigenvalue weighted by atomic mass is 9.99. The number of benzene rings is 1. The minimum Gasteiger partial charge on any atom is -0.493 e. The summed E-state index contributed by atoms with van der Waals surface area (Å²) in [6.45, 7) is 6.27. The first-order chi connectivity index (χ1) is 9.79. The van der Waals surface area contributed by atoms with Crippen LogP contribution in [0.5, 0.6) is 5.75 Å². The Bertz CT molecular complexity index is 590. The van der Waals surface area contributed by atoms with Gasteiger partial charge in [0.25, 0.3) is 0 Å². The molecule has 0 bridgehead atoms. The number of thiophene rings is 1. The molecular weight excluding hydrogens is 266 g/mol. The van der Waals surface area contributed by atoms with Gasteiger partial charge in [0.2, 0.25) is 0 Å². The van der Waals surface area contributed by atoms with E-state index in [1.807, 2.05) is 11.3 Å². The third-order valence-corrected chi connectivity index (χ3v) is 4.89. The topological polar surface area (TPSA) is 21.3 Å². The fourth-order valence-corrected chi connectivity index (χ4v) is 3.75. The third-order valence-electron chi connectivity index (χ3n) is 3.81. The number of nitrogens with one attached hydrogen (secondary N) is 1. The summed E-state index contributed by atoms with van der Waals surface area (Å²) in [5, 5.41) is 5.87. The summed E-state index contributed by atoms with van der Waals surface area (Å²) < 4.78 is 5.61. The molecule has 0 saturated carbocycles. The van der Waals surface area contributed by atoms with E-state index in [1.165, 1.54) is 21.6 Å². The van der Waals surface area contributed by atoms with E-state index < -0.39 is 0 Å². The summed E-state index contributed by atoms with van der Waals surface area (Å²) in [4.78, 5) is 1.43. The first kappa shape index (κ1) is 13.7. The normalized spacial score (nSPS) is 14.9. The van der Waals surface area contributed by atoms with Crippen LogP contribution in [0.25, 0.3) is 0 Å². The summed E-state index contributed by atoms with van der Waals surface area (Å²) in [7, 11) is 0. The van der Waals surface area contributed by atoms with Crippen molar-refractivity contribution in [3.8, 4) is 5.75 Å². The molecule has 0 saturated heterocycles. The molecule has 1 aliphatic heterocycles. The summed E-state index contributed by atoms with van der Waals surface area (Å²) in [6.07, 6.45) is 2.18. The van der Waals surface area contributed by atoms with Crippen LogP contribution in [0.2, 0.25) is 0 Å². The van der Waals surface area contributed by atoms with Crippen LogP contribution in [-0.4, -0.2) is 13.2 Å². The smallest absolute Gasteiger partial charge is 0.122 e. The predicted octanol–water partition coefficient (Wildman–Crippen LogP) is 4.08. The molecule has 2 aromatic rings. The second kappa shape index (κ2) is 5.98. The average Bonchev–Trinajstić information content (AvgIpc) is 3.08. The third kappa shape index (κ3) is 2.60. The second-order valence-corrected chi connectivity index (χ2v) is 6.27. The van der Waals surface area contributed by atoms with Crippen LogP contribution in [-0.2, 0) is 6.42 Å². The molecule has 0 radical (unpaired) electrons. The molecule has 1 aromatic carbocycles. The molecular formula is C17H21NOS. The van der Waals surface area contributed by atoms with Crippen LogP contribution in [0.3, 0.4) is 0 Å². The molecule has 0 fully saturated rings. The van der Waals surface area contributed by atoms with E-state index in [0.29, 0.717) is 6.04 Å². The molecule has 1 aromatic heterocycles. The average molecular weight is 287 g/mol. The Balaban J connectivity index is 1.94. The van der Waals surface area contributed by atoms with Crippen LogP contribution in [0.4, 0.5) is 0 Å². The van der Waals surface area contributed by atoms with Gasteiger partial charge in [0, 0.05) is 11.3 Å².